The minimum atomic E-state index is 0.335. The van der Waals surface area contributed by atoms with Crippen molar-refractivity contribution in [2.45, 2.75) is 26.3 Å². The third-order valence-corrected chi connectivity index (χ3v) is 2.32. The number of piperazine rings is 1. The summed E-state index contributed by atoms with van der Waals surface area (Å²) < 4.78 is 0. The van der Waals surface area contributed by atoms with Crippen LogP contribution in [0.5, 0.6) is 0 Å². The first-order chi connectivity index (χ1) is 5.00. The molecule has 11 heavy (non-hydrogen) atoms. The van der Waals surface area contributed by atoms with Crippen LogP contribution in [0.3, 0.4) is 0 Å². The maximum atomic E-state index is 3.92. The van der Waals surface area contributed by atoms with Crippen LogP contribution < -0.4 is 0 Å². The third kappa shape index (κ3) is 2.46. The summed E-state index contributed by atoms with van der Waals surface area (Å²) in [4.78, 5) is 4.65. The molecule has 1 fully saturated rings. The van der Waals surface area contributed by atoms with Crippen LogP contribution in [-0.4, -0.2) is 41.5 Å². The topological polar surface area (TPSA) is 6.48 Å². The van der Waals surface area contributed by atoms with E-state index >= 15 is 0 Å². The normalized spacial score (nSPS) is 24.0. The van der Waals surface area contributed by atoms with Crippen molar-refractivity contribution in [1.82, 2.24) is 9.80 Å². The molecule has 65 valence electrons. The Labute approximate surface area is 70.2 Å². The fourth-order valence-electron chi connectivity index (χ4n) is 1.42. The molecule has 0 unspecified atom stereocenters. The van der Waals surface area contributed by atoms with Crippen molar-refractivity contribution in [2.75, 3.05) is 26.2 Å². The largest absolute Gasteiger partial charge is 0.300 e. The van der Waals surface area contributed by atoms with Crippen LogP contribution in [0.4, 0.5) is 0 Å². The molecule has 2 nitrogen and oxygen atoms in total. The molecule has 0 atom stereocenters. The van der Waals surface area contributed by atoms with Gasteiger partial charge in [0.25, 0.3) is 0 Å². The van der Waals surface area contributed by atoms with E-state index < -0.39 is 0 Å². The van der Waals surface area contributed by atoms with Gasteiger partial charge in [0.15, 0.2) is 0 Å². The van der Waals surface area contributed by atoms with Gasteiger partial charge in [-0.05, 0) is 20.8 Å². The molecule has 1 rings (SSSR count). The van der Waals surface area contributed by atoms with Gasteiger partial charge in [0, 0.05) is 38.8 Å². The third-order valence-electron chi connectivity index (χ3n) is 2.32. The van der Waals surface area contributed by atoms with Crippen LogP contribution >= 0.6 is 0 Å². The lowest BCUT2D eigenvalue weighted by Gasteiger charge is -2.41. The van der Waals surface area contributed by atoms with E-state index in [1.807, 2.05) is 0 Å². The second-order valence-electron chi connectivity index (χ2n) is 4.28. The van der Waals surface area contributed by atoms with Crippen molar-refractivity contribution in [1.29, 1.82) is 0 Å². The Morgan fingerprint density at radius 3 is 1.82 bits per heavy atom. The molecule has 0 saturated carbocycles. The van der Waals surface area contributed by atoms with Crippen molar-refractivity contribution in [2.24, 2.45) is 0 Å². The lowest BCUT2D eigenvalue weighted by molar-refractivity contribution is 0.0801. The van der Waals surface area contributed by atoms with Crippen molar-refractivity contribution in [3.05, 3.63) is 7.05 Å². The van der Waals surface area contributed by atoms with E-state index in [9.17, 15) is 0 Å². The summed E-state index contributed by atoms with van der Waals surface area (Å²) >= 11 is 0. The zero-order valence-corrected chi connectivity index (χ0v) is 7.93. The van der Waals surface area contributed by atoms with Gasteiger partial charge in [-0.2, -0.15) is 0 Å². The van der Waals surface area contributed by atoms with E-state index in [1.165, 1.54) is 0 Å². The Balaban J connectivity index is 2.39. The molecular weight excluding hydrogens is 136 g/mol. The maximum Gasteiger partial charge on any atom is 0.0126 e. The Bertz CT molecular complexity index is 118. The monoisotopic (exact) mass is 155 g/mol. The fraction of sp³-hybridized carbons (Fsp3) is 0.889. The lowest BCUT2D eigenvalue weighted by Crippen LogP contribution is -2.51. The van der Waals surface area contributed by atoms with E-state index in [0.29, 0.717) is 5.54 Å². The summed E-state index contributed by atoms with van der Waals surface area (Å²) in [6.07, 6.45) is 0. The van der Waals surface area contributed by atoms with Crippen LogP contribution in [0.1, 0.15) is 20.8 Å². The lowest BCUT2D eigenvalue weighted by atomic mass is 10.1. The molecule has 0 aromatic heterocycles. The van der Waals surface area contributed by atoms with Gasteiger partial charge >= 0.3 is 0 Å². The molecule has 1 aliphatic rings. The summed E-state index contributed by atoms with van der Waals surface area (Å²) in [6, 6.07) is 0. The van der Waals surface area contributed by atoms with Crippen molar-refractivity contribution in [3.8, 4) is 0 Å². The van der Waals surface area contributed by atoms with Crippen LogP contribution in [0.2, 0.25) is 0 Å². The van der Waals surface area contributed by atoms with Gasteiger partial charge < -0.3 is 0 Å². The number of rotatable bonds is 0. The van der Waals surface area contributed by atoms with Crippen molar-refractivity contribution < 1.29 is 0 Å². The van der Waals surface area contributed by atoms with Gasteiger partial charge in [0.1, 0.15) is 0 Å². The highest BCUT2D eigenvalue weighted by molar-refractivity contribution is 4.81. The minimum Gasteiger partial charge on any atom is -0.300 e. The smallest absolute Gasteiger partial charge is 0.0126 e. The van der Waals surface area contributed by atoms with E-state index in [1.54, 1.807) is 0 Å². The van der Waals surface area contributed by atoms with Crippen LogP contribution in [0.25, 0.3) is 0 Å². The summed E-state index contributed by atoms with van der Waals surface area (Å²) in [5, 5.41) is 0. The number of hydrogen-bond donors (Lipinski definition) is 0. The average molecular weight is 155 g/mol. The van der Waals surface area contributed by atoms with Crippen molar-refractivity contribution >= 4 is 0 Å². The van der Waals surface area contributed by atoms with Gasteiger partial charge in [0.2, 0.25) is 0 Å². The van der Waals surface area contributed by atoms with E-state index in [4.69, 9.17) is 0 Å². The van der Waals surface area contributed by atoms with Gasteiger partial charge in [0.05, 0.1) is 0 Å². The number of nitrogens with zero attached hydrogens (tertiary/aromatic N) is 2. The molecule has 1 radical (unpaired) electrons. The van der Waals surface area contributed by atoms with Crippen LogP contribution in [0, 0.1) is 7.05 Å². The SMILES string of the molecule is [CH2]N1CCN(C(C)(C)C)CC1. The molecule has 0 N–H and O–H groups in total. The molecule has 1 saturated heterocycles. The van der Waals surface area contributed by atoms with Gasteiger partial charge in [-0.3, -0.25) is 9.80 Å². The maximum absolute atomic E-state index is 3.92. The van der Waals surface area contributed by atoms with Gasteiger partial charge in [-0.15, -0.1) is 0 Å². The van der Waals surface area contributed by atoms with Gasteiger partial charge in [-0.25, -0.2) is 0 Å². The van der Waals surface area contributed by atoms with Crippen LogP contribution in [0.15, 0.2) is 0 Å². The second kappa shape index (κ2) is 3.11. The molecule has 1 aliphatic heterocycles. The highest BCUT2D eigenvalue weighted by Gasteiger charge is 2.23. The quantitative estimate of drug-likeness (QED) is 0.518. The first kappa shape index (κ1) is 9.01. The first-order valence-corrected chi connectivity index (χ1v) is 4.30. The molecule has 0 aromatic carbocycles. The van der Waals surface area contributed by atoms with E-state index in [2.05, 4.69) is 37.6 Å². The predicted molar refractivity (Wildman–Crippen MR) is 48.3 cm³/mol. The molecule has 0 amide bonds. The second-order valence-corrected chi connectivity index (χ2v) is 4.28. The molecule has 0 aromatic rings. The zero-order chi connectivity index (χ0) is 8.48. The highest BCUT2D eigenvalue weighted by atomic mass is 15.3. The summed E-state index contributed by atoms with van der Waals surface area (Å²) in [5.41, 5.74) is 0.335. The van der Waals surface area contributed by atoms with E-state index in [0.717, 1.165) is 26.2 Å². The Morgan fingerprint density at radius 2 is 1.45 bits per heavy atom. The summed E-state index contributed by atoms with van der Waals surface area (Å²) in [7, 11) is 3.92. The zero-order valence-electron chi connectivity index (χ0n) is 7.93. The molecule has 0 aliphatic carbocycles. The number of hydrogen-bond acceptors (Lipinski definition) is 2. The van der Waals surface area contributed by atoms with Crippen LogP contribution in [-0.2, 0) is 0 Å². The first-order valence-electron chi connectivity index (χ1n) is 4.30. The molecule has 2 heteroatoms. The summed E-state index contributed by atoms with van der Waals surface area (Å²) in [6.45, 7) is 11.3. The van der Waals surface area contributed by atoms with Gasteiger partial charge in [-0.1, -0.05) is 0 Å². The summed E-state index contributed by atoms with van der Waals surface area (Å²) in [5.74, 6) is 0. The van der Waals surface area contributed by atoms with E-state index in [-0.39, 0.29) is 0 Å². The standard InChI is InChI=1S/C9H19N2/c1-9(2,3)11-7-5-10(4)6-8-11/h4-8H2,1-3H3. The fourth-order valence-corrected chi connectivity index (χ4v) is 1.42. The predicted octanol–water partition coefficient (Wildman–Crippen LogP) is 1.19. The Kier molecular flexibility index (Phi) is 2.55. The molecule has 1 heterocycles. The molecular formula is C9H19N2. The Hall–Kier alpha value is -0.0800. The highest BCUT2D eigenvalue weighted by Crippen LogP contribution is 2.14. The minimum absolute atomic E-state index is 0.335. The molecule has 0 spiro atoms. The Morgan fingerprint density at radius 1 is 1.00 bits per heavy atom. The molecule has 0 bridgehead atoms. The average Bonchev–Trinajstić information content (AvgIpc) is 1.86. The van der Waals surface area contributed by atoms with Crippen molar-refractivity contribution in [3.63, 3.8) is 0 Å².